The summed E-state index contributed by atoms with van der Waals surface area (Å²) in [5.74, 6) is -0.641. The predicted octanol–water partition coefficient (Wildman–Crippen LogP) is 3.70. The van der Waals surface area contributed by atoms with Crippen LogP contribution < -0.4 is 4.72 Å². The van der Waals surface area contributed by atoms with Crippen molar-refractivity contribution < 1.29 is 12.8 Å². The monoisotopic (exact) mass is 339 g/mol. The van der Waals surface area contributed by atoms with Crippen molar-refractivity contribution in [2.24, 2.45) is 0 Å². The second-order valence-corrected chi connectivity index (χ2v) is 7.61. The predicted molar refractivity (Wildman–Crippen MR) is 78.2 cm³/mol. The lowest BCUT2D eigenvalue weighted by atomic mass is 10.1. The standard InChI is InChI=1S/C13H16Cl2FNO2S/c14-10-4-2-1-3-5-12(10)17-20(18,19)13-8-9(16)6-7-11(13)15/h6-8,10,12,17H,1-5H2. The largest absolute Gasteiger partial charge is 0.242 e. The summed E-state index contributed by atoms with van der Waals surface area (Å²) in [7, 11) is -3.87. The van der Waals surface area contributed by atoms with Gasteiger partial charge in [-0.15, -0.1) is 11.6 Å². The Morgan fingerprint density at radius 3 is 2.65 bits per heavy atom. The van der Waals surface area contributed by atoms with Crippen LogP contribution in [0.4, 0.5) is 4.39 Å². The van der Waals surface area contributed by atoms with Gasteiger partial charge in [0.2, 0.25) is 10.0 Å². The Labute approximate surface area is 128 Å². The van der Waals surface area contributed by atoms with Crippen LogP contribution >= 0.6 is 23.2 Å². The summed E-state index contributed by atoms with van der Waals surface area (Å²) in [6, 6.07) is 2.93. The second-order valence-electron chi connectivity index (χ2n) is 4.96. The molecular weight excluding hydrogens is 324 g/mol. The van der Waals surface area contributed by atoms with Crippen LogP contribution in [0, 0.1) is 5.82 Å². The topological polar surface area (TPSA) is 46.2 Å². The van der Waals surface area contributed by atoms with Gasteiger partial charge < -0.3 is 0 Å². The molecular formula is C13H16Cl2FNO2S. The fourth-order valence-corrected chi connectivity index (χ4v) is 4.58. The molecule has 0 bridgehead atoms. The molecule has 1 fully saturated rings. The molecule has 1 saturated carbocycles. The SMILES string of the molecule is O=S(=O)(NC1CCCCCC1Cl)c1cc(F)ccc1Cl. The van der Waals surface area contributed by atoms with Crippen molar-refractivity contribution in [3.63, 3.8) is 0 Å². The smallest absolute Gasteiger partial charge is 0.207 e. The number of alkyl halides is 1. The van der Waals surface area contributed by atoms with Crippen LogP contribution in [0.2, 0.25) is 5.02 Å². The molecule has 3 nitrogen and oxygen atoms in total. The molecule has 7 heteroatoms. The van der Waals surface area contributed by atoms with E-state index in [-0.39, 0.29) is 21.3 Å². The summed E-state index contributed by atoms with van der Waals surface area (Å²) in [6.45, 7) is 0. The summed E-state index contributed by atoms with van der Waals surface area (Å²) in [5.41, 5.74) is 0. The highest BCUT2D eigenvalue weighted by Gasteiger charge is 2.28. The number of benzene rings is 1. The maximum Gasteiger partial charge on any atom is 0.242 e. The molecule has 0 spiro atoms. The van der Waals surface area contributed by atoms with Crippen molar-refractivity contribution in [1.82, 2.24) is 4.72 Å². The lowest BCUT2D eigenvalue weighted by Gasteiger charge is -2.21. The minimum Gasteiger partial charge on any atom is -0.207 e. The summed E-state index contributed by atoms with van der Waals surface area (Å²) in [5, 5.41) is -0.252. The number of hydrogen-bond acceptors (Lipinski definition) is 2. The van der Waals surface area contributed by atoms with Gasteiger partial charge in [0.1, 0.15) is 10.7 Å². The molecule has 2 rings (SSSR count). The van der Waals surface area contributed by atoms with Crippen molar-refractivity contribution >= 4 is 33.2 Å². The molecule has 0 aromatic heterocycles. The zero-order valence-electron chi connectivity index (χ0n) is 10.8. The van der Waals surface area contributed by atoms with Crippen molar-refractivity contribution in [2.75, 3.05) is 0 Å². The fraction of sp³-hybridized carbons (Fsp3) is 0.538. The Kier molecular flexibility index (Phi) is 5.29. The van der Waals surface area contributed by atoms with Crippen molar-refractivity contribution in [3.05, 3.63) is 29.0 Å². The molecule has 20 heavy (non-hydrogen) atoms. The Balaban J connectivity index is 2.24. The lowest BCUT2D eigenvalue weighted by Crippen LogP contribution is -2.40. The Morgan fingerprint density at radius 2 is 1.90 bits per heavy atom. The van der Waals surface area contributed by atoms with Crippen LogP contribution in [0.15, 0.2) is 23.1 Å². The normalized spacial score (nSPS) is 24.4. The average molecular weight is 340 g/mol. The number of nitrogens with one attached hydrogen (secondary N) is 1. The van der Waals surface area contributed by atoms with E-state index in [4.69, 9.17) is 23.2 Å². The van der Waals surface area contributed by atoms with Gasteiger partial charge in [-0.3, -0.25) is 0 Å². The van der Waals surface area contributed by atoms with Crippen molar-refractivity contribution in [1.29, 1.82) is 0 Å². The van der Waals surface area contributed by atoms with E-state index in [0.29, 0.717) is 6.42 Å². The molecule has 1 aliphatic carbocycles. The van der Waals surface area contributed by atoms with E-state index in [1.54, 1.807) is 0 Å². The van der Waals surface area contributed by atoms with Gasteiger partial charge in [-0.25, -0.2) is 17.5 Å². The third kappa shape index (κ3) is 3.85. The Bertz CT molecular complexity index is 580. The highest BCUT2D eigenvalue weighted by Crippen LogP contribution is 2.26. The van der Waals surface area contributed by atoms with Crippen LogP contribution in [0.3, 0.4) is 0 Å². The number of sulfonamides is 1. The minimum atomic E-state index is -3.87. The Hall–Kier alpha value is -0.360. The zero-order valence-corrected chi connectivity index (χ0v) is 13.1. The van der Waals surface area contributed by atoms with Gasteiger partial charge >= 0.3 is 0 Å². The molecule has 1 aliphatic rings. The van der Waals surface area contributed by atoms with Gasteiger partial charge in [0.25, 0.3) is 0 Å². The molecule has 0 aliphatic heterocycles. The zero-order chi connectivity index (χ0) is 14.8. The average Bonchev–Trinajstić information content (AvgIpc) is 2.57. The molecule has 1 N–H and O–H groups in total. The van der Waals surface area contributed by atoms with Gasteiger partial charge in [0.05, 0.1) is 5.02 Å². The molecule has 0 radical (unpaired) electrons. The fourth-order valence-electron chi connectivity index (χ4n) is 2.34. The third-order valence-electron chi connectivity index (χ3n) is 3.42. The molecule has 0 saturated heterocycles. The molecule has 0 amide bonds. The summed E-state index contributed by atoms with van der Waals surface area (Å²) in [4.78, 5) is -0.243. The quantitative estimate of drug-likeness (QED) is 0.674. The molecule has 1 aromatic rings. The third-order valence-corrected chi connectivity index (χ3v) is 5.91. The number of rotatable bonds is 3. The van der Waals surface area contributed by atoms with E-state index in [1.807, 2.05) is 0 Å². The highest BCUT2D eigenvalue weighted by molar-refractivity contribution is 7.89. The van der Waals surface area contributed by atoms with E-state index in [1.165, 1.54) is 6.07 Å². The van der Waals surface area contributed by atoms with Crippen molar-refractivity contribution in [2.45, 2.75) is 48.4 Å². The van der Waals surface area contributed by atoms with Crippen LogP contribution in [0.5, 0.6) is 0 Å². The van der Waals surface area contributed by atoms with Gasteiger partial charge in [-0.05, 0) is 31.0 Å². The van der Waals surface area contributed by atoms with E-state index in [9.17, 15) is 12.8 Å². The first-order chi connectivity index (χ1) is 9.40. The van der Waals surface area contributed by atoms with Gasteiger partial charge in [-0.2, -0.15) is 0 Å². The van der Waals surface area contributed by atoms with Crippen LogP contribution in [-0.2, 0) is 10.0 Å². The summed E-state index contributed by atoms with van der Waals surface area (Å²) in [6.07, 6.45) is 4.41. The molecule has 2 unspecified atom stereocenters. The molecule has 1 aromatic carbocycles. The molecule has 112 valence electrons. The summed E-state index contributed by atoms with van der Waals surface area (Å²) >= 11 is 12.1. The number of halogens is 3. The maximum atomic E-state index is 13.2. The van der Waals surface area contributed by atoms with Gasteiger partial charge in [0, 0.05) is 11.4 Å². The van der Waals surface area contributed by atoms with Crippen LogP contribution in [0.1, 0.15) is 32.1 Å². The summed E-state index contributed by atoms with van der Waals surface area (Å²) < 4.78 is 40.4. The first kappa shape index (κ1) is 16.0. The minimum absolute atomic E-state index is 0.00126. The first-order valence-corrected chi connectivity index (χ1v) is 8.81. The van der Waals surface area contributed by atoms with E-state index < -0.39 is 15.8 Å². The first-order valence-electron chi connectivity index (χ1n) is 6.51. The van der Waals surface area contributed by atoms with E-state index in [2.05, 4.69) is 4.72 Å². The molecule has 0 heterocycles. The van der Waals surface area contributed by atoms with Crippen LogP contribution in [-0.4, -0.2) is 19.8 Å². The van der Waals surface area contributed by atoms with E-state index >= 15 is 0 Å². The van der Waals surface area contributed by atoms with Gasteiger partial charge in [-0.1, -0.05) is 30.9 Å². The van der Waals surface area contributed by atoms with E-state index in [0.717, 1.165) is 37.8 Å². The second kappa shape index (κ2) is 6.60. The van der Waals surface area contributed by atoms with Gasteiger partial charge in [0.15, 0.2) is 0 Å². The highest BCUT2D eigenvalue weighted by atomic mass is 35.5. The van der Waals surface area contributed by atoms with Crippen molar-refractivity contribution in [3.8, 4) is 0 Å². The maximum absolute atomic E-state index is 13.2. The molecule has 2 atom stereocenters. The van der Waals surface area contributed by atoms with Crippen LogP contribution in [0.25, 0.3) is 0 Å². The number of hydrogen-bond donors (Lipinski definition) is 1. The Morgan fingerprint density at radius 1 is 1.20 bits per heavy atom. The lowest BCUT2D eigenvalue weighted by molar-refractivity contribution is 0.513.